The van der Waals surface area contributed by atoms with Gasteiger partial charge in [-0.25, -0.2) is 15.0 Å². The van der Waals surface area contributed by atoms with E-state index in [0.717, 1.165) is 50.9 Å². The summed E-state index contributed by atoms with van der Waals surface area (Å²) in [5.74, 6) is 2.13. The van der Waals surface area contributed by atoms with Gasteiger partial charge < -0.3 is 9.13 Å². The van der Waals surface area contributed by atoms with Crippen molar-refractivity contribution in [3.05, 3.63) is 206 Å². The lowest BCUT2D eigenvalue weighted by Gasteiger charge is -2.19. The molecule has 0 radical (unpaired) electrons. The minimum atomic E-state index is 0.156. The molecular formula is C51H35N5. The van der Waals surface area contributed by atoms with Crippen LogP contribution in [0.3, 0.4) is 0 Å². The van der Waals surface area contributed by atoms with E-state index in [4.69, 9.17) is 15.0 Å². The summed E-state index contributed by atoms with van der Waals surface area (Å²) in [4.78, 5) is 15.4. The molecule has 56 heavy (non-hydrogen) atoms. The Kier molecular flexibility index (Phi) is 7.56. The first-order valence-corrected chi connectivity index (χ1v) is 19.1. The molecule has 0 amide bonds. The smallest absolute Gasteiger partial charge is 0.164 e. The second kappa shape index (κ2) is 13.2. The molecule has 1 aliphatic carbocycles. The molecule has 0 bridgehead atoms. The topological polar surface area (TPSA) is 48.5 Å². The molecule has 1 unspecified atom stereocenters. The third kappa shape index (κ3) is 5.36. The van der Waals surface area contributed by atoms with E-state index >= 15 is 0 Å². The number of fused-ring (bicyclic) bond motifs is 6. The summed E-state index contributed by atoms with van der Waals surface area (Å²) in [6.45, 7) is 0. The minimum absolute atomic E-state index is 0.156. The lowest BCUT2D eigenvalue weighted by Crippen LogP contribution is -2.06. The van der Waals surface area contributed by atoms with Gasteiger partial charge in [-0.3, -0.25) is 0 Å². The van der Waals surface area contributed by atoms with Crippen LogP contribution in [-0.2, 0) is 0 Å². The molecule has 5 heteroatoms. The maximum atomic E-state index is 5.21. The number of benzene rings is 7. The molecule has 0 spiro atoms. The van der Waals surface area contributed by atoms with Crippen molar-refractivity contribution in [3.63, 3.8) is 0 Å². The third-order valence-electron chi connectivity index (χ3n) is 11.1. The molecule has 0 N–H and O–H groups in total. The van der Waals surface area contributed by atoms with Crippen molar-refractivity contribution in [2.24, 2.45) is 0 Å². The Balaban J connectivity index is 1.03. The Hall–Kier alpha value is -7.37. The molecule has 1 atom stereocenters. The highest BCUT2D eigenvalue weighted by Crippen LogP contribution is 2.37. The molecule has 1 aliphatic rings. The lowest BCUT2D eigenvalue weighted by atomic mass is 9.89. The summed E-state index contributed by atoms with van der Waals surface area (Å²) >= 11 is 0. The molecule has 10 aromatic rings. The van der Waals surface area contributed by atoms with Gasteiger partial charge in [-0.1, -0.05) is 133 Å². The maximum absolute atomic E-state index is 5.21. The Morgan fingerprint density at radius 3 is 1.64 bits per heavy atom. The van der Waals surface area contributed by atoms with Crippen molar-refractivity contribution >= 4 is 49.2 Å². The van der Waals surface area contributed by atoms with E-state index in [0.29, 0.717) is 17.5 Å². The average Bonchev–Trinajstić information content (AvgIpc) is 3.80. The fourth-order valence-electron chi connectivity index (χ4n) is 8.48. The number of hydrogen-bond acceptors (Lipinski definition) is 3. The van der Waals surface area contributed by atoms with Gasteiger partial charge in [0.1, 0.15) is 0 Å². The number of allylic oxidation sites excluding steroid dienone is 4. The van der Waals surface area contributed by atoms with E-state index in [2.05, 4.69) is 185 Å². The second-order valence-corrected chi connectivity index (χ2v) is 14.4. The van der Waals surface area contributed by atoms with Gasteiger partial charge in [-0.15, -0.1) is 0 Å². The van der Waals surface area contributed by atoms with Gasteiger partial charge in [0.25, 0.3) is 0 Å². The molecule has 11 rings (SSSR count). The summed E-state index contributed by atoms with van der Waals surface area (Å²) in [7, 11) is 0. The average molecular weight is 718 g/mol. The highest BCUT2D eigenvalue weighted by atomic mass is 15.0. The molecule has 0 fully saturated rings. The third-order valence-corrected chi connectivity index (χ3v) is 11.1. The molecule has 7 aromatic carbocycles. The van der Waals surface area contributed by atoms with Crippen LogP contribution >= 0.6 is 0 Å². The summed E-state index contributed by atoms with van der Waals surface area (Å²) in [5, 5.41) is 4.87. The fraction of sp³-hybridized carbons (Fsp3) is 0.0392. The summed E-state index contributed by atoms with van der Waals surface area (Å²) in [6.07, 6.45) is 7.64. The number of para-hydroxylation sites is 4. The fourth-order valence-corrected chi connectivity index (χ4v) is 8.48. The predicted molar refractivity (Wildman–Crippen MR) is 230 cm³/mol. The van der Waals surface area contributed by atoms with Gasteiger partial charge in [0.2, 0.25) is 0 Å². The van der Waals surface area contributed by atoms with E-state index in [9.17, 15) is 0 Å². The Bertz CT molecular complexity index is 3120. The normalized spacial score (nSPS) is 14.2. The summed E-state index contributed by atoms with van der Waals surface area (Å²) in [5.41, 5.74) is 11.2. The van der Waals surface area contributed by atoms with Crippen molar-refractivity contribution in [2.45, 2.75) is 12.3 Å². The number of aromatic nitrogens is 5. The molecule has 0 aliphatic heterocycles. The molecule has 0 saturated carbocycles. The monoisotopic (exact) mass is 717 g/mol. The van der Waals surface area contributed by atoms with Crippen molar-refractivity contribution in [3.8, 4) is 34.2 Å². The van der Waals surface area contributed by atoms with Gasteiger partial charge in [0, 0.05) is 55.5 Å². The molecule has 3 heterocycles. The number of rotatable bonds is 6. The van der Waals surface area contributed by atoms with Crippen molar-refractivity contribution in [1.82, 2.24) is 24.1 Å². The van der Waals surface area contributed by atoms with Gasteiger partial charge in [-0.05, 0) is 72.6 Å². The van der Waals surface area contributed by atoms with Crippen LogP contribution in [0.4, 0.5) is 0 Å². The van der Waals surface area contributed by atoms with Crippen LogP contribution in [0.1, 0.15) is 23.7 Å². The van der Waals surface area contributed by atoms with Gasteiger partial charge >= 0.3 is 0 Å². The maximum Gasteiger partial charge on any atom is 0.164 e. The van der Waals surface area contributed by atoms with Gasteiger partial charge in [-0.2, -0.15) is 0 Å². The molecule has 5 nitrogen and oxygen atoms in total. The van der Waals surface area contributed by atoms with E-state index < -0.39 is 0 Å². The van der Waals surface area contributed by atoms with Crippen molar-refractivity contribution < 1.29 is 0 Å². The summed E-state index contributed by atoms with van der Waals surface area (Å²) in [6, 6.07) is 62.2. The van der Waals surface area contributed by atoms with Crippen LogP contribution in [-0.4, -0.2) is 24.1 Å². The van der Waals surface area contributed by atoms with Crippen LogP contribution in [0.25, 0.3) is 83.3 Å². The highest BCUT2D eigenvalue weighted by Gasteiger charge is 2.20. The van der Waals surface area contributed by atoms with Crippen LogP contribution in [0, 0.1) is 0 Å². The SMILES string of the molecule is C1=CC(c2nc(-c3ccccc3)nc(-c3ccc4c(c3)c3ccccc3n4-c3ccccc3)n2)=CC(c2cccc(-n3c4ccccc4c4ccccc43)c2)C1. The van der Waals surface area contributed by atoms with Crippen LogP contribution in [0.15, 0.2) is 194 Å². The molecule has 3 aromatic heterocycles. The Labute approximate surface area is 324 Å². The first-order chi connectivity index (χ1) is 27.8. The Morgan fingerprint density at radius 1 is 0.411 bits per heavy atom. The van der Waals surface area contributed by atoms with E-state index in [-0.39, 0.29) is 5.92 Å². The van der Waals surface area contributed by atoms with E-state index in [1.807, 2.05) is 18.2 Å². The van der Waals surface area contributed by atoms with Crippen LogP contribution in [0.2, 0.25) is 0 Å². The summed E-state index contributed by atoms with van der Waals surface area (Å²) < 4.78 is 4.71. The zero-order valence-electron chi connectivity index (χ0n) is 30.5. The van der Waals surface area contributed by atoms with E-state index in [1.54, 1.807) is 0 Å². The van der Waals surface area contributed by atoms with E-state index in [1.165, 1.54) is 32.8 Å². The first-order valence-electron chi connectivity index (χ1n) is 19.1. The standard InChI is InChI=1S/C51H35N5/c1-3-15-34(16-4-1)49-52-50(54-51(53-49)38-29-30-48-44(33-38)43-25-9-12-28-47(43)55(48)39-20-5-2-6-21-39)37-19-13-17-35(31-37)36-18-14-22-40(32-36)56-45-26-10-7-23-41(45)42-24-8-11-27-46(42)56/h1-16,18-33,35H,17H2. The number of hydrogen-bond donors (Lipinski definition) is 0. The van der Waals surface area contributed by atoms with Gasteiger partial charge in [0.05, 0.1) is 22.1 Å². The molecule has 0 saturated heterocycles. The minimum Gasteiger partial charge on any atom is -0.309 e. The first kappa shape index (κ1) is 32.1. The van der Waals surface area contributed by atoms with Crippen LogP contribution in [0.5, 0.6) is 0 Å². The predicted octanol–water partition coefficient (Wildman–Crippen LogP) is 12.5. The van der Waals surface area contributed by atoms with Gasteiger partial charge in [0.15, 0.2) is 17.5 Å². The second-order valence-electron chi connectivity index (χ2n) is 14.4. The zero-order chi connectivity index (χ0) is 37.0. The van der Waals surface area contributed by atoms with Crippen LogP contribution < -0.4 is 0 Å². The quantitative estimate of drug-likeness (QED) is 0.172. The highest BCUT2D eigenvalue weighted by molar-refractivity contribution is 6.11. The Morgan fingerprint density at radius 2 is 0.946 bits per heavy atom. The zero-order valence-corrected chi connectivity index (χ0v) is 30.5. The molecule has 264 valence electrons. The molecular weight excluding hydrogens is 683 g/mol. The lowest BCUT2D eigenvalue weighted by molar-refractivity contribution is 0.852. The number of nitrogens with zero attached hydrogens (tertiary/aromatic N) is 5. The van der Waals surface area contributed by atoms with Crippen molar-refractivity contribution in [2.75, 3.05) is 0 Å². The van der Waals surface area contributed by atoms with Crippen molar-refractivity contribution in [1.29, 1.82) is 0 Å². The largest absolute Gasteiger partial charge is 0.309 e.